The van der Waals surface area contributed by atoms with Crippen molar-refractivity contribution in [2.45, 2.75) is 13.0 Å². The molecular formula is C13H15BrClN3O. The molecule has 0 amide bonds. The molecule has 0 aliphatic carbocycles. The van der Waals surface area contributed by atoms with Gasteiger partial charge >= 0.3 is 0 Å². The van der Waals surface area contributed by atoms with Crippen LogP contribution in [0, 0.1) is 0 Å². The van der Waals surface area contributed by atoms with Crippen molar-refractivity contribution in [1.82, 2.24) is 9.55 Å². The highest BCUT2D eigenvalue weighted by Gasteiger charge is 2.11. The lowest BCUT2D eigenvalue weighted by Crippen LogP contribution is -2.22. The topological polar surface area (TPSA) is 39.1 Å². The van der Waals surface area contributed by atoms with Gasteiger partial charge in [-0.3, -0.25) is 4.57 Å². The van der Waals surface area contributed by atoms with Gasteiger partial charge in [-0.05, 0) is 25.1 Å². The summed E-state index contributed by atoms with van der Waals surface area (Å²) < 4.78 is 7.97. The molecule has 1 heterocycles. The summed E-state index contributed by atoms with van der Waals surface area (Å²) in [6.07, 6.45) is 3.61. The van der Waals surface area contributed by atoms with E-state index in [1.165, 1.54) is 0 Å². The van der Waals surface area contributed by atoms with Crippen molar-refractivity contribution < 1.29 is 4.74 Å². The summed E-state index contributed by atoms with van der Waals surface area (Å²) in [6, 6.07) is 5.92. The average molecular weight is 345 g/mol. The molecule has 0 bridgehead atoms. The zero-order valence-corrected chi connectivity index (χ0v) is 13.1. The van der Waals surface area contributed by atoms with Crippen LogP contribution in [0.5, 0.6) is 0 Å². The first-order chi connectivity index (χ1) is 9.11. The Labute approximate surface area is 125 Å². The van der Waals surface area contributed by atoms with Crippen LogP contribution in [-0.2, 0) is 4.74 Å². The molecule has 0 aliphatic heterocycles. The van der Waals surface area contributed by atoms with Gasteiger partial charge in [-0.25, -0.2) is 4.98 Å². The largest absolute Gasteiger partial charge is 0.383 e. The third-order valence-electron chi connectivity index (χ3n) is 2.60. The van der Waals surface area contributed by atoms with E-state index in [0.29, 0.717) is 11.6 Å². The van der Waals surface area contributed by atoms with E-state index in [4.69, 9.17) is 16.3 Å². The van der Waals surface area contributed by atoms with E-state index in [0.717, 1.165) is 16.1 Å². The molecule has 0 saturated heterocycles. The summed E-state index contributed by atoms with van der Waals surface area (Å²) in [6.45, 7) is 2.65. The van der Waals surface area contributed by atoms with Gasteiger partial charge in [0.05, 0.1) is 17.3 Å². The van der Waals surface area contributed by atoms with Gasteiger partial charge in [0.2, 0.25) is 5.95 Å². The Hall–Kier alpha value is -1.04. The zero-order chi connectivity index (χ0) is 13.8. The van der Waals surface area contributed by atoms with Crippen LogP contribution in [-0.4, -0.2) is 29.3 Å². The summed E-state index contributed by atoms with van der Waals surface area (Å²) in [5.74, 6) is 0.744. The second-order valence-corrected chi connectivity index (χ2v) is 5.54. The van der Waals surface area contributed by atoms with Crippen LogP contribution in [0.4, 0.5) is 5.95 Å². The van der Waals surface area contributed by atoms with Crippen LogP contribution >= 0.6 is 27.5 Å². The molecular weight excluding hydrogens is 330 g/mol. The Kier molecular flexibility index (Phi) is 4.85. The van der Waals surface area contributed by atoms with E-state index >= 15 is 0 Å². The minimum atomic E-state index is 0.167. The standard InChI is InChI=1S/C13H15BrClN3O/c1-9(8-19-2)17-13-16-5-6-18(13)12-4-3-10(14)7-11(12)15/h3-7,9H,8H2,1-2H3,(H,16,17). The minimum Gasteiger partial charge on any atom is -0.383 e. The van der Waals surface area contributed by atoms with Gasteiger partial charge in [0, 0.05) is 30.0 Å². The predicted molar refractivity (Wildman–Crippen MR) is 81.2 cm³/mol. The highest BCUT2D eigenvalue weighted by molar-refractivity contribution is 9.10. The maximum Gasteiger partial charge on any atom is 0.207 e. The Bertz CT molecular complexity index is 559. The van der Waals surface area contributed by atoms with Gasteiger partial charge in [-0.15, -0.1) is 0 Å². The smallest absolute Gasteiger partial charge is 0.207 e. The molecule has 2 aromatic rings. The first-order valence-corrected chi connectivity index (χ1v) is 7.03. The summed E-state index contributed by atoms with van der Waals surface area (Å²) in [7, 11) is 1.68. The molecule has 0 aliphatic rings. The Balaban J connectivity index is 2.28. The van der Waals surface area contributed by atoms with Crippen LogP contribution in [0.3, 0.4) is 0 Å². The van der Waals surface area contributed by atoms with E-state index < -0.39 is 0 Å². The fourth-order valence-corrected chi connectivity index (χ4v) is 2.56. The molecule has 1 unspecified atom stereocenters. The van der Waals surface area contributed by atoms with Crippen molar-refractivity contribution in [3.05, 3.63) is 40.1 Å². The number of ether oxygens (including phenoxy) is 1. The molecule has 6 heteroatoms. The quantitative estimate of drug-likeness (QED) is 0.898. The van der Waals surface area contributed by atoms with Gasteiger partial charge in [-0.2, -0.15) is 0 Å². The number of nitrogens with zero attached hydrogens (tertiary/aromatic N) is 2. The molecule has 19 heavy (non-hydrogen) atoms. The van der Waals surface area contributed by atoms with Gasteiger partial charge in [0.15, 0.2) is 0 Å². The number of benzene rings is 1. The van der Waals surface area contributed by atoms with E-state index in [1.54, 1.807) is 13.3 Å². The molecule has 1 aromatic carbocycles. The summed E-state index contributed by atoms with van der Waals surface area (Å²) in [5, 5.41) is 3.95. The maximum atomic E-state index is 6.26. The Morgan fingerprint density at radius 2 is 2.32 bits per heavy atom. The summed E-state index contributed by atoms with van der Waals surface area (Å²) >= 11 is 9.66. The van der Waals surface area contributed by atoms with Crippen molar-refractivity contribution >= 4 is 33.5 Å². The first kappa shape index (κ1) is 14.4. The number of halogens is 2. The van der Waals surface area contributed by atoms with Crippen LogP contribution in [0.25, 0.3) is 5.69 Å². The lowest BCUT2D eigenvalue weighted by Gasteiger charge is -2.16. The average Bonchev–Trinajstić information content (AvgIpc) is 2.77. The lowest BCUT2D eigenvalue weighted by molar-refractivity contribution is 0.190. The second kappa shape index (κ2) is 6.41. The molecule has 4 nitrogen and oxygen atoms in total. The molecule has 0 spiro atoms. The van der Waals surface area contributed by atoms with Crippen LogP contribution in [0.15, 0.2) is 35.1 Å². The number of rotatable bonds is 5. The van der Waals surface area contributed by atoms with E-state index in [9.17, 15) is 0 Å². The molecule has 0 saturated carbocycles. The van der Waals surface area contributed by atoms with Gasteiger partial charge in [0.25, 0.3) is 0 Å². The predicted octanol–water partition coefficient (Wildman–Crippen LogP) is 3.74. The van der Waals surface area contributed by atoms with E-state index in [1.807, 2.05) is 35.9 Å². The normalized spacial score (nSPS) is 12.4. The molecule has 1 atom stereocenters. The van der Waals surface area contributed by atoms with Crippen molar-refractivity contribution in [2.75, 3.05) is 19.0 Å². The fraction of sp³-hybridized carbons (Fsp3) is 0.308. The highest BCUT2D eigenvalue weighted by Crippen LogP contribution is 2.26. The number of methoxy groups -OCH3 is 1. The highest BCUT2D eigenvalue weighted by atomic mass is 79.9. The zero-order valence-electron chi connectivity index (χ0n) is 10.7. The molecule has 0 fully saturated rings. The molecule has 1 aromatic heterocycles. The number of hydrogen-bond donors (Lipinski definition) is 1. The van der Waals surface area contributed by atoms with Crippen LogP contribution in [0.1, 0.15) is 6.92 Å². The fourth-order valence-electron chi connectivity index (χ4n) is 1.79. The van der Waals surface area contributed by atoms with Crippen molar-refractivity contribution in [1.29, 1.82) is 0 Å². The first-order valence-electron chi connectivity index (χ1n) is 5.86. The number of imidazole rings is 1. The molecule has 0 radical (unpaired) electrons. The molecule has 2 rings (SSSR count). The van der Waals surface area contributed by atoms with Crippen molar-refractivity contribution in [3.63, 3.8) is 0 Å². The Morgan fingerprint density at radius 3 is 3.00 bits per heavy atom. The number of anilines is 1. The second-order valence-electron chi connectivity index (χ2n) is 4.22. The summed E-state index contributed by atoms with van der Waals surface area (Å²) in [5.41, 5.74) is 0.884. The minimum absolute atomic E-state index is 0.167. The van der Waals surface area contributed by atoms with Crippen molar-refractivity contribution in [2.24, 2.45) is 0 Å². The van der Waals surface area contributed by atoms with Gasteiger partial charge in [0.1, 0.15) is 0 Å². The SMILES string of the molecule is COCC(C)Nc1nccn1-c1ccc(Br)cc1Cl. The maximum absolute atomic E-state index is 6.26. The third kappa shape index (κ3) is 3.49. The van der Waals surface area contributed by atoms with Gasteiger partial charge in [-0.1, -0.05) is 27.5 Å². The molecule has 1 N–H and O–H groups in total. The lowest BCUT2D eigenvalue weighted by atomic mass is 10.3. The monoisotopic (exact) mass is 343 g/mol. The summed E-state index contributed by atoms with van der Waals surface area (Å²) in [4.78, 5) is 4.30. The number of aromatic nitrogens is 2. The number of hydrogen-bond acceptors (Lipinski definition) is 3. The van der Waals surface area contributed by atoms with Crippen molar-refractivity contribution in [3.8, 4) is 5.69 Å². The van der Waals surface area contributed by atoms with Crippen LogP contribution in [0.2, 0.25) is 5.02 Å². The van der Waals surface area contributed by atoms with E-state index in [-0.39, 0.29) is 6.04 Å². The van der Waals surface area contributed by atoms with Crippen LogP contribution < -0.4 is 5.32 Å². The van der Waals surface area contributed by atoms with E-state index in [2.05, 4.69) is 26.2 Å². The number of nitrogens with one attached hydrogen (secondary N) is 1. The molecule has 102 valence electrons. The van der Waals surface area contributed by atoms with Gasteiger partial charge < -0.3 is 10.1 Å². The Morgan fingerprint density at radius 1 is 1.53 bits per heavy atom. The third-order valence-corrected chi connectivity index (χ3v) is 3.40.